The average Bonchev–Trinajstić information content (AvgIpc) is 2.80. The Morgan fingerprint density at radius 1 is 1.14 bits per heavy atom. The second-order valence-electron chi connectivity index (χ2n) is 5.30. The van der Waals surface area contributed by atoms with Gasteiger partial charge in [-0.1, -0.05) is 23.7 Å². The maximum atomic E-state index is 6.35. The predicted molar refractivity (Wildman–Crippen MR) is 89.8 cm³/mol. The SMILES string of the molecule is Cc1ccc2nc(C(C)Cl)n(-c3cccc(Cl)c3C)c2c1. The standard InChI is InChI=1S/C17H16Cl2N2/c1-10-7-8-14-16(9-10)21(17(20-14)12(3)18)15-6-4-5-13(19)11(15)2/h4-9,12H,1-3H3. The molecule has 1 atom stereocenters. The molecule has 0 aliphatic heterocycles. The zero-order chi connectivity index (χ0) is 15.1. The van der Waals surface area contributed by atoms with Gasteiger partial charge in [-0.05, 0) is 56.2 Å². The minimum Gasteiger partial charge on any atom is -0.295 e. The highest BCUT2D eigenvalue weighted by Crippen LogP contribution is 2.31. The monoisotopic (exact) mass is 318 g/mol. The molecule has 2 aromatic carbocycles. The van der Waals surface area contributed by atoms with Crippen LogP contribution in [0.1, 0.15) is 29.3 Å². The molecule has 0 saturated heterocycles. The molecule has 0 amide bonds. The molecule has 4 heteroatoms. The number of halogens is 2. The van der Waals surface area contributed by atoms with E-state index in [1.54, 1.807) is 0 Å². The van der Waals surface area contributed by atoms with Crippen LogP contribution in [-0.2, 0) is 0 Å². The number of imidazole rings is 1. The molecular weight excluding hydrogens is 303 g/mol. The summed E-state index contributed by atoms with van der Waals surface area (Å²) < 4.78 is 2.11. The summed E-state index contributed by atoms with van der Waals surface area (Å²) >= 11 is 12.6. The van der Waals surface area contributed by atoms with Crippen molar-refractivity contribution in [3.8, 4) is 5.69 Å². The lowest BCUT2D eigenvalue weighted by Gasteiger charge is -2.14. The van der Waals surface area contributed by atoms with Crippen LogP contribution < -0.4 is 0 Å². The van der Waals surface area contributed by atoms with Crippen LogP contribution >= 0.6 is 23.2 Å². The van der Waals surface area contributed by atoms with Crippen LogP contribution in [0.15, 0.2) is 36.4 Å². The van der Waals surface area contributed by atoms with Gasteiger partial charge >= 0.3 is 0 Å². The van der Waals surface area contributed by atoms with Gasteiger partial charge in [0.1, 0.15) is 5.82 Å². The molecule has 0 saturated carbocycles. The van der Waals surface area contributed by atoms with E-state index in [-0.39, 0.29) is 5.38 Å². The number of benzene rings is 2. The van der Waals surface area contributed by atoms with Gasteiger partial charge in [0, 0.05) is 5.02 Å². The minimum absolute atomic E-state index is 0.184. The maximum Gasteiger partial charge on any atom is 0.132 e. The second kappa shape index (κ2) is 5.36. The third-order valence-corrected chi connectivity index (χ3v) is 4.28. The van der Waals surface area contributed by atoms with Gasteiger partial charge in [-0.2, -0.15) is 0 Å². The van der Waals surface area contributed by atoms with Crippen molar-refractivity contribution in [3.05, 3.63) is 58.4 Å². The molecule has 3 rings (SSSR count). The molecule has 0 bridgehead atoms. The van der Waals surface area contributed by atoms with Crippen molar-refractivity contribution in [2.75, 3.05) is 0 Å². The van der Waals surface area contributed by atoms with Crippen molar-refractivity contribution in [1.29, 1.82) is 0 Å². The average molecular weight is 319 g/mol. The first-order chi connectivity index (χ1) is 9.99. The van der Waals surface area contributed by atoms with Crippen molar-refractivity contribution >= 4 is 34.2 Å². The van der Waals surface area contributed by atoms with Crippen LogP contribution in [-0.4, -0.2) is 9.55 Å². The van der Waals surface area contributed by atoms with Gasteiger partial charge in [0.15, 0.2) is 0 Å². The second-order valence-corrected chi connectivity index (χ2v) is 6.36. The Kier molecular flexibility index (Phi) is 3.68. The Bertz CT molecular complexity index is 819. The van der Waals surface area contributed by atoms with Crippen molar-refractivity contribution in [2.45, 2.75) is 26.1 Å². The van der Waals surface area contributed by atoms with Gasteiger partial charge in [0.05, 0.1) is 22.1 Å². The van der Waals surface area contributed by atoms with E-state index in [1.807, 2.05) is 38.1 Å². The fourth-order valence-corrected chi connectivity index (χ4v) is 2.88. The Labute approximate surface area is 134 Å². The van der Waals surface area contributed by atoms with Crippen LogP contribution in [0.4, 0.5) is 0 Å². The molecule has 2 nitrogen and oxygen atoms in total. The number of alkyl halides is 1. The van der Waals surface area contributed by atoms with E-state index in [2.05, 4.69) is 28.6 Å². The first kappa shape index (κ1) is 14.4. The lowest BCUT2D eigenvalue weighted by Crippen LogP contribution is -2.04. The number of hydrogen-bond donors (Lipinski definition) is 0. The molecule has 1 unspecified atom stereocenters. The highest BCUT2D eigenvalue weighted by atomic mass is 35.5. The van der Waals surface area contributed by atoms with Crippen LogP contribution in [0.3, 0.4) is 0 Å². The summed E-state index contributed by atoms with van der Waals surface area (Å²) in [6.45, 7) is 6.03. The first-order valence-corrected chi connectivity index (χ1v) is 7.69. The van der Waals surface area contributed by atoms with Crippen molar-refractivity contribution in [1.82, 2.24) is 9.55 Å². The molecular formula is C17H16Cl2N2. The molecule has 21 heavy (non-hydrogen) atoms. The summed E-state index contributed by atoms with van der Waals surface area (Å²) in [6.07, 6.45) is 0. The minimum atomic E-state index is -0.184. The van der Waals surface area contributed by atoms with Gasteiger partial charge in [0.25, 0.3) is 0 Å². The Morgan fingerprint density at radius 2 is 1.90 bits per heavy atom. The van der Waals surface area contributed by atoms with E-state index >= 15 is 0 Å². The topological polar surface area (TPSA) is 17.8 Å². The van der Waals surface area contributed by atoms with Gasteiger partial charge in [-0.3, -0.25) is 4.57 Å². The Hall–Kier alpha value is -1.51. The fourth-order valence-electron chi connectivity index (χ4n) is 2.56. The number of aromatic nitrogens is 2. The molecule has 108 valence electrons. The largest absolute Gasteiger partial charge is 0.295 e. The van der Waals surface area contributed by atoms with Crippen molar-refractivity contribution < 1.29 is 0 Å². The van der Waals surface area contributed by atoms with E-state index in [4.69, 9.17) is 23.2 Å². The summed E-state index contributed by atoms with van der Waals surface area (Å²) in [7, 11) is 0. The molecule has 0 spiro atoms. The first-order valence-electron chi connectivity index (χ1n) is 6.87. The number of fused-ring (bicyclic) bond motifs is 1. The van der Waals surface area contributed by atoms with Crippen LogP contribution in [0, 0.1) is 13.8 Å². The lowest BCUT2D eigenvalue weighted by molar-refractivity contribution is 0.878. The third kappa shape index (κ3) is 2.43. The van der Waals surface area contributed by atoms with Crippen LogP contribution in [0.2, 0.25) is 5.02 Å². The van der Waals surface area contributed by atoms with Gasteiger partial charge in [-0.15, -0.1) is 11.6 Å². The Morgan fingerprint density at radius 3 is 2.62 bits per heavy atom. The van der Waals surface area contributed by atoms with Crippen molar-refractivity contribution in [2.24, 2.45) is 0 Å². The molecule has 1 aromatic heterocycles. The summed E-state index contributed by atoms with van der Waals surface area (Å²) in [5, 5.41) is 0.561. The number of hydrogen-bond acceptors (Lipinski definition) is 1. The van der Waals surface area contributed by atoms with E-state index < -0.39 is 0 Å². The summed E-state index contributed by atoms with van der Waals surface area (Å²) in [4.78, 5) is 4.69. The van der Waals surface area contributed by atoms with Gasteiger partial charge in [-0.25, -0.2) is 4.98 Å². The lowest BCUT2D eigenvalue weighted by atomic mass is 10.1. The number of rotatable bonds is 2. The molecule has 1 heterocycles. The Balaban J connectivity index is 2.41. The zero-order valence-corrected chi connectivity index (χ0v) is 13.7. The third-order valence-electron chi connectivity index (χ3n) is 3.67. The summed E-state index contributed by atoms with van der Waals surface area (Å²) in [5.74, 6) is 0.836. The predicted octanol–water partition coefficient (Wildman–Crippen LogP) is 5.60. The van der Waals surface area contributed by atoms with E-state index in [0.29, 0.717) is 0 Å². The van der Waals surface area contributed by atoms with E-state index in [0.717, 1.165) is 33.1 Å². The number of aryl methyl sites for hydroxylation is 1. The molecule has 0 aliphatic rings. The molecule has 3 aromatic rings. The van der Waals surface area contributed by atoms with Gasteiger partial charge < -0.3 is 0 Å². The quantitative estimate of drug-likeness (QED) is 0.563. The maximum absolute atomic E-state index is 6.35. The molecule has 0 fully saturated rings. The smallest absolute Gasteiger partial charge is 0.132 e. The summed E-state index contributed by atoms with van der Waals surface area (Å²) in [5.41, 5.74) is 5.25. The van der Waals surface area contributed by atoms with E-state index in [1.165, 1.54) is 5.56 Å². The van der Waals surface area contributed by atoms with E-state index in [9.17, 15) is 0 Å². The zero-order valence-electron chi connectivity index (χ0n) is 12.2. The van der Waals surface area contributed by atoms with Gasteiger partial charge in [0.2, 0.25) is 0 Å². The molecule has 0 aliphatic carbocycles. The highest BCUT2D eigenvalue weighted by Gasteiger charge is 2.18. The molecule has 0 N–H and O–H groups in total. The number of nitrogens with zero attached hydrogens (tertiary/aromatic N) is 2. The van der Waals surface area contributed by atoms with Crippen LogP contribution in [0.5, 0.6) is 0 Å². The van der Waals surface area contributed by atoms with Crippen molar-refractivity contribution in [3.63, 3.8) is 0 Å². The molecule has 0 radical (unpaired) electrons. The fraction of sp³-hybridized carbons (Fsp3) is 0.235. The van der Waals surface area contributed by atoms with Crippen LogP contribution in [0.25, 0.3) is 16.7 Å². The highest BCUT2D eigenvalue weighted by molar-refractivity contribution is 6.31. The summed E-state index contributed by atoms with van der Waals surface area (Å²) in [6, 6.07) is 12.1. The normalized spacial score (nSPS) is 12.8.